The molecule has 8 heteroatoms. The number of amides is 1. The number of carbonyl (C=O) groups is 1. The Morgan fingerprint density at radius 1 is 1.48 bits per heavy atom. The van der Waals surface area contributed by atoms with Crippen LogP contribution in [-0.2, 0) is 23.9 Å². The lowest BCUT2D eigenvalue weighted by Gasteiger charge is -2.37. The zero-order valence-electron chi connectivity index (χ0n) is 13.9. The summed E-state index contributed by atoms with van der Waals surface area (Å²) in [5.41, 5.74) is 5.52. The van der Waals surface area contributed by atoms with Crippen molar-refractivity contribution < 1.29 is 23.1 Å². The number of alkyl halides is 3. The molecule has 2 aliphatic rings. The van der Waals surface area contributed by atoms with E-state index >= 15 is 0 Å². The molecule has 2 heterocycles. The highest BCUT2D eigenvalue weighted by Crippen LogP contribution is 2.43. The third-order valence-electron chi connectivity index (χ3n) is 5.34. The number of nitrogens with two attached hydrogens (primary N) is 1. The molecule has 1 aromatic rings. The number of nitrogens with zero attached hydrogens (tertiary/aromatic N) is 2. The van der Waals surface area contributed by atoms with E-state index in [0.717, 1.165) is 18.7 Å². The molecule has 3 rings (SSSR count). The number of hydrogen-bond acceptors (Lipinski definition) is 4. The minimum absolute atomic E-state index is 0.0777. The van der Waals surface area contributed by atoms with Gasteiger partial charge in [-0.1, -0.05) is 0 Å². The molecule has 0 aromatic carbocycles. The van der Waals surface area contributed by atoms with Crippen LogP contribution in [0.15, 0.2) is 12.3 Å². The Kier molecular flexibility index (Phi) is 4.76. The highest BCUT2D eigenvalue weighted by Gasteiger charge is 2.46. The lowest BCUT2D eigenvalue weighted by atomic mass is 9.80. The first-order valence-corrected chi connectivity index (χ1v) is 8.46. The number of aromatic nitrogens is 1. The van der Waals surface area contributed by atoms with E-state index in [2.05, 4.69) is 4.98 Å². The zero-order valence-corrected chi connectivity index (χ0v) is 13.9. The van der Waals surface area contributed by atoms with E-state index in [1.165, 1.54) is 0 Å². The Morgan fingerprint density at radius 2 is 2.24 bits per heavy atom. The van der Waals surface area contributed by atoms with E-state index in [1.807, 2.05) is 0 Å². The van der Waals surface area contributed by atoms with E-state index in [-0.39, 0.29) is 25.1 Å². The van der Waals surface area contributed by atoms with Crippen molar-refractivity contribution in [2.24, 2.45) is 11.1 Å². The predicted molar refractivity (Wildman–Crippen MR) is 84.3 cm³/mol. The average Bonchev–Trinajstić information content (AvgIpc) is 2.94. The quantitative estimate of drug-likeness (QED) is 0.866. The Bertz CT molecular complexity index is 661. The molecule has 3 N–H and O–H groups in total. The van der Waals surface area contributed by atoms with Crippen molar-refractivity contribution in [3.63, 3.8) is 0 Å². The van der Waals surface area contributed by atoms with Crippen LogP contribution in [0.4, 0.5) is 13.2 Å². The van der Waals surface area contributed by atoms with Crippen LogP contribution in [0.25, 0.3) is 0 Å². The van der Waals surface area contributed by atoms with Crippen LogP contribution >= 0.6 is 0 Å². The number of halogens is 3. The van der Waals surface area contributed by atoms with E-state index in [4.69, 9.17) is 5.73 Å². The van der Waals surface area contributed by atoms with E-state index in [0.29, 0.717) is 43.5 Å². The summed E-state index contributed by atoms with van der Waals surface area (Å²) in [5.74, 6) is -0.113. The Labute approximate surface area is 144 Å². The fourth-order valence-electron chi connectivity index (χ4n) is 4.00. The molecule has 1 unspecified atom stereocenters. The van der Waals surface area contributed by atoms with Gasteiger partial charge in [0.15, 0.2) is 0 Å². The first kappa shape index (κ1) is 18.1. The highest BCUT2D eigenvalue weighted by atomic mass is 19.4. The van der Waals surface area contributed by atoms with Crippen molar-refractivity contribution >= 4 is 5.91 Å². The summed E-state index contributed by atoms with van der Waals surface area (Å²) in [7, 11) is 0. The molecule has 1 fully saturated rings. The summed E-state index contributed by atoms with van der Waals surface area (Å²) in [4.78, 5) is 18.6. The molecule has 0 radical (unpaired) electrons. The number of hydrogen-bond donors (Lipinski definition) is 2. The van der Waals surface area contributed by atoms with Crippen LogP contribution < -0.4 is 5.73 Å². The standard InChI is InChI=1S/C17H22F3N3O2/c18-17(19,20)12-7-11-10-23(5-2-14(11)22-9-12)15(25)16(4-6-24)3-1-13(21)8-16/h7,9,13,24H,1-6,8,10,21H2/t13?,16-/m1/s1. The van der Waals surface area contributed by atoms with E-state index in [9.17, 15) is 23.1 Å². The normalized spacial score (nSPS) is 26.6. The van der Waals surface area contributed by atoms with Crippen molar-refractivity contribution in [2.75, 3.05) is 13.2 Å². The molecule has 0 spiro atoms. The summed E-state index contributed by atoms with van der Waals surface area (Å²) in [5, 5.41) is 9.36. The van der Waals surface area contributed by atoms with Gasteiger partial charge in [-0.3, -0.25) is 9.78 Å². The molecule has 0 bridgehead atoms. The number of rotatable bonds is 3. The summed E-state index contributed by atoms with van der Waals surface area (Å²) in [6.45, 7) is 0.433. The van der Waals surface area contributed by atoms with Gasteiger partial charge in [0.05, 0.1) is 11.0 Å². The summed E-state index contributed by atoms with van der Waals surface area (Å²) < 4.78 is 38.7. The Morgan fingerprint density at radius 3 is 2.84 bits per heavy atom. The monoisotopic (exact) mass is 357 g/mol. The number of pyridine rings is 1. The molecule has 25 heavy (non-hydrogen) atoms. The van der Waals surface area contributed by atoms with Gasteiger partial charge >= 0.3 is 6.18 Å². The van der Waals surface area contributed by atoms with Crippen LogP contribution in [0.5, 0.6) is 0 Å². The number of carbonyl (C=O) groups excluding carboxylic acids is 1. The number of aliphatic hydroxyl groups is 1. The van der Waals surface area contributed by atoms with Gasteiger partial charge in [-0.25, -0.2) is 0 Å². The minimum Gasteiger partial charge on any atom is -0.396 e. The van der Waals surface area contributed by atoms with Crippen molar-refractivity contribution in [2.45, 2.75) is 50.9 Å². The molecule has 1 saturated carbocycles. The molecule has 138 valence electrons. The predicted octanol–water partition coefficient (Wildman–Crippen LogP) is 1.87. The Hall–Kier alpha value is -1.67. The fourth-order valence-corrected chi connectivity index (χ4v) is 4.00. The van der Waals surface area contributed by atoms with Crippen molar-refractivity contribution in [3.8, 4) is 0 Å². The van der Waals surface area contributed by atoms with Crippen molar-refractivity contribution in [1.29, 1.82) is 0 Å². The minimum atomic E-state index is -4.45. The molecule has 5 nitrogen and oxygen atoms in total. The van der Waals surface area contributed by atoms with Crippen molar-refractivity contribution in [3.05, 3.63) is 29.1 Å². The van der Waals surface area contributed by atoms with Gasteiger partial charge in [0.25, 0.3) is 0 Å². The molecule has 0 saturated heterocycles. The largest absolute Gasteiger partial charge is 0.417 e. The van der Waals surface area contributed by atoms with Gasteiger partial charge in [-0.2, -0.15) is 13.2 Å². The first-order chi connectivity index (χ1) is 11.7. The maximum absolute atomic E-state index is 13.1. The SMILES string of the molecule is NC1CC[C@](CCO)(C(=O)N2CCc3ncc(C(F)(F)F)cc3C2)C1. The molecule has 1 aliphatic carbocycles. The van der Waals surface area contributed by atoms with Crippen LogP contribution in [0.3, 0.4) is 0 Å². The fraction of sp³-hybridized carbons (Fsp3) is 0.647. The summed E-state index contributed by atoms with van der Waals surface area (Å²) >= 11 is 0. The Balaban J connectivity index is 1.82. The second kappa shape index (κ2) is 6.57. The maximum Gasteiger partial charge on any atom is 0.417 e. The van der Waals surface area contributed by atoms with Crippen LogP contribution in [-0.4, -0.2) is 40.1 Å². The molecular weight excluding hydrogens is 335 g/mol. The van der Waals surface area contributed by atoms with Gasteiger partial charge < -0.3 is 15.7 Å². The molecule has 1 aliphatic heterocycles. The molecule has 2 atom stereocenters. The van der Waals surface area contributed by atoms with Crippen LogP contribution in [0.2, 0.25) is 0 Å². The third-order valence-corrected chi connectivity index (χ3v) is 5.34. The second-order valence-electron chi connectivity index (χ2n) is 7.06. The molecule has 1 aromatic heterocycles. The van der Waals surface area contributed by atoms with E-state index < -0.39 is 17.2 Å². The lowest BCUT2D eigenvalue weighted by molar-refractivity contribution is -0.144. The van der Waals surface area contributed by atoms with Gasteiger partial charge in [-0.15, -0.1) is 0 Å². The maximum atomic E-state index is 13.1. The van der Waals surface area contributed by atoms with E-state index in [1.54, 1.807) is 4.90 Å². The van der Waals surface area contributed by atoms with Gasteiger partial charge in [-0.05, 0) is 37.3 Å². The van der Waals surface area contributed by atoms with Gasteiger partial charge in [0, 0.05) is 44.0 Å². The van der Waals surface area contributed by atoms with Crippen LogP contribution in [0.1, 0.15) is 42.5 Å². The summed E-state index contributed by atoms with van der Waals surface area (Å²) in [6.07, 6.45) is -1.00. The number of fused-ring (bicyclic) bond motifs is 1. The molecular formula is C17H22F3N3O2. The topological polar surface area (TPSA) is 79.5 Å². The van der Waals surface area contributed by atoms with Crippen LogP contribution in [0, 0.1) is 5.41 Å². The van der Waals surface area contributed by atoms with Gasteiger partial charge in [0.2, 0.25) is 5.91 Å². The third kappa shape index (κ3) is 3.50. The first-order valence-electron chi connectivity index (χ1n) is 8.46. The molecule has 1 amide bonds. The average molecular weight is 357 g/mol. The van der Waals surface area contributed by atoms with Crippen molar-refractivity contribution in [1.82, 2.24) is 9.88 Å². The number of aliphatic hydroxyl groups excluding tert-OH is 1. The summed E-state index contributed by atoms with van der Waals surface area (Å²) in [6, 6.07) is 1.01. The second-order valence-corrected chi connectivity index (χ2v) is 7.06. The smallest absolute Gasteiger partial charge is 0.396 e. The lowest BCUT2D eigenvalue weighted by Crippen LogP contribution is -2.46. The van der Waals surface area contributed by atoms with Gasteiger partial charge in [0.1, 0.15) is 0 Å². The highest BCUT2D eigenvalue weighted by molar-refractivity contribution is 5.83. The zero-order chi connectivity index (χ0) is 18.2.